The smallest absolute Gasteiger partial charge is 0.235 e. The molecule has 1 amide bonds. The van der Waals surface area contributed by atoms with E-state index in [0.717, 1.165) is 39.6 Å². The van der Waals surface area contributed by atoms with Crippen molar-refractivity contribution in [2.24, 2.45) is 35.0 Å². The van der Waals surface area contributed by atoms with Gasteiger partial charge < -0.3 is 15.4 Å². The Labute approximate surface area is 223 Å². The highest BCUT2D eigenvalue weighted by molar-refractivity contribution is 6.11. The first kappa shape index (κ1) is 25.1. The molecule has 0 radical (unpaired) electrons. The SMILES string of the molecule is CC1=CC(=O)[C@H]2CC(=O)[C@@]34C(=O)N[C@@H](Cc5c[nH]c6ccccc56)[C@@H]3C(C)=C(C)[C@@H](O)[C@@H]4C=CC[C@H](C)[C@H]12. The van der Waals surface area contributed by atoms with Crippen LogP contribution < -0.4 is 5.32 Å². The maximum Gasteiger partial charge on any atom is 0.235 e. The van der Waals surface area contributed by atoms with Crippen molar-refractivity contribution >= 4 is 28.4 Å². The van der Waals surface area contributed by atoms with E-state index in [-0.39, 0.29) is 41.8 Å². The molecule has 0 saturated carbocycles. The van der Waals surface area contributed by atoms with E-state index in [1.807, 2.05) is 57.3 Å². The lowest BCUT2D eigenvalue weighted by atomic mass is 9.53. The minimum atomic E-state index is -1.45. The number of hydrogen-bond donors (Lipinski definition) is 3. The molecular formula is C32H36N2O4. The molecule has 6 rings (SSSR count). The molecule has 6 nitrogen and oxygen atoms in total. The molecule has 38 heavy (non-hydrogen) atoms. The lowest BCUT2D eigenvalue weighted by molar-refractivity contribution is -0.149. The number of amides is 1. The van der Waals surface area contributed by atoms with Crippen molar-refractivity contribution in [2.75, 3.05) is 0 Å². The molecule has 1 aromatic heterocycles. The fourth-order valence-corrected chi connectivity index (χ4v) is 8.23. The Balaban J connectivity index is 1.48. The molecule has 6 heteroatoms. The molecule has 2 heterocycles. The number of ketones is 2. The van der Waals surface area contributed by atoms with Crippen molar-refractivity contribution in [2.45, 2.75) is 59.1 Å². The van der Waals surface area contributed by atoms with Crippen molar-refractivity contribution < 1.29 is 19.5 Å². The van der Waals surface area contributed by atoms with Crippen molar-refractivity contribution in [3.8, 4) is 0 Å². The molecule has 3 N–H and O–H groups in total. The van der Waals surface area contributed by atoms with Gasteiger partial charge in [-0.3, -0.25) is 14.4 Å². The zero-order valence-electron chi connectivity index (χ0n) is 22.5. The highest BCUT2D eigenvalue weighted by atomic mass is 16.3. The third kappa shape index (κ3) is 3.39. The van der Waals surface area contributed by atoms with Crippen LogP contribution in [0.4, 0.5) is 0 Å². The van der Waals surface area contributed by atoms with Gasteiger partial charge in [-0.15, -0.1) is 0 Å². The van der Waals surface area contributed by atoms with E-state index >= 15 is 0 Å². The van der Waals surface area contributed by atoms with E-state index in [1.165, 1.54) is 0 Å². The Bertz CT molecular complexity index is 1440. The zero-order valence-corrected chi connectivity index (χ0v) is 22.5. The predicted octanol–water partition coefficient (Wildman–Crippen LogP) is 4.46. The van der Waals surface area contributed by atoms with Crippen LogP contribution in [-0.2, 0) is 20.8 Å². The van der Waals surface area contributed by atoms with Crippen LogP contribution in [0.1, 0.15) is 46.1 Å². The summed E-state index contributed by atoms with van der Waals surface area (Å²) in [5, 5.41) is 15.8. The van der Waals surface area contributed by atoms with E-state index < -0.39 is 29.3 Å². The summed E-state index contributed by atoms with van der Waals surface area (Å²) in [6, 6.07) is 7.77. The second kappa shape index (κ2) is 8.91. The maximum atomic E-state index is 14.5. The van der Waals surface area contributed by atoms with Crippen LogP contribution in [0.25, 0.3) is 10.9 Å². The van der Waals surface area contributed by atoms with Gasteiger partial charge in [-0.05, 0) is 68.7 Å². The Hall–Kier alpha value is -3.25. The number of hydrogen-bond acceptors (Lipinski definition) is 4. The van der Waals surface area contributed by atoms with Crippen LogP contribution in [0.5, 0.6) is 0 Å². The summed E-state index contributed by atoms with van der Waals surface area (Å²) >= 11 is 0. The number of benzene rings is 1. The number of fused-ring (bicyclic) bond motifs is 2. The molecule has 0 unspecified atom stereocenters. The summed E-state index contributed by atoms with van der Waals surface area (Å²) < 4.78 is 0. The first-order valence-corrected chi connectivity index (χ1v) is 13.8. The normalized spacial score (nSPS) is 37.1. The van der Waals surface area contributed by atoms with Gasteiger partial charge in [0.25, 0.3) is 0 Å². The van der Waals surface area contributed by atoms with Gasteiger partial charge in [-0.1, -0.05) is 48.4 Å². The van der Waals surface area contributed by atoms with Gasteiger partial charge >= 0.3 is 0 Å². The Morgan fingerprint density at radius 1 is 1.08 bits per heavy atom. The summed E-state index contributed by atoms with van der Waals surface area (Å²) in [6.45, 7) is 7.97. The molecule has 2 aromatic rings. The number of aliphatic hydroxyl groups excluding tert-OH is 1. The third-order valence-electron chi connectivity index (χ3n) is 10.1. The number of aromatic amines is 1. The molecular weight excluding hydrogens is 476 g/mol. The molecule has 4 aliphatic rings. The van der Waals surface area contributed by atoms with Gasteiger partial charge in [0, 0.05) is 47.3 Å². The lowest BCUT2D eigenvalue weighted by Gasteiger charge is -2.47. The van der Waals surface area contributed by atoms with Crippen LogP contribution in [0.2, 0.25) is 0 Å². The average Bonchev–Trinajstić information content (AvgIpc) is 3.51. The molecule has 1 saturated heterocycles. The third-order valence-corrected chi connectivity index (χ3v) is 10.1. The quantitative estimate of drug-likeness (QED) is 0.409. The molecule has 3 aliphatic carbocycles. The lowest BCUT2D eigenvalue weighted by Crippen LogP contribution is -2.56. The van der Waals surface area contributed by atoms with Crippen molar-refractivity contribution in [3.63, 3.8) is 0 Å². The number of rotatable bonds is 2. The highest BCUT2D eigenvalue weighted by Gasteiger charge is 2.67. The number of Topliss-reactive ketones (excluding diaryl/α,β-unsaturated/α-hetero) is 1. The number of aromatic nitrogens is 1. The van der Waals surface area contributed by atoms with E-state index in [2.05, 4.69) is 23.3 Å². The van der Waals surface area contributed by atoms with Gasteiger partial charge in [0.1, 0.15) is 5.41 Å². The van der Waals surface area contributed by atoms with Gasteiger partial charge in [0.05, 0.1) is 6.10 Å². The number of nitrogens with one attached hydrogen (secondary N) is 2. The fraction of sp³-hybridized carbons (Fsp3) is 0.469. The van der Waals surface area contributed by atoms with Crippen LogP contribution in [-0.4, -0.2) is 39.7 Å². The highest BCUT2D eigenvalue weighted by Crippen LogP contribution is 2.56. The number of allylic oxidation sites excluding steroid dienone is 3. The maximum absolute atomic E-state index is 14.5. The largest absolute Gasteiger partial charge is 0.388 e. The standard InChI is InChI=1S/C32H36N2O4/c1-16-8-7-10-23-30(37)19(4)18(3)29-25(13-20-15-33-24-11-6-5-9-21(20)24)34-31(38)32(23,29)27(36)14-22-26(35)12-17(2)28(16)22/h5-7,9-12,15-16,22-23,25,28-30,33,37H,8,13-14H2,1-4H3,(H,34,38)/t16-,22+,23-,25-,28+,29-,30+,32+/m0/s1. The molecule has 1 spiro atoms. The number of para-hydroxylation sites is 1. The summed E-state index contributed by atoms with van der Waals surface area (Å²) in [6.07, 6.45) is 7.99. The molecule has 0 bridgehead atoms. The second-order valence-electron chi connectivity index (χ2n) is 12.0. The van der Waals surface area contributed by atoms with E-state index in [1.54, 1.807) is 6.08 Å². The second-order valence-corrected chi connectivity index (χ2v) is 12.0. The fourth-order valence-electron chi connectivity index (χ4n) is 8.23. The minimum absolute atomic E-state index is 0.0131. The van der Waals surface area contributed by atoms with Gasteiger partial charge in [-0.2, -0.15) is 0 Å². The van der Waals surface area contributed by atoms with Crippen LogP contribution >= 0.6 is 0 Å². The minimum Gasteiger partial charge on any atom is -0.388 e. The van der Waals surface area contributed by atoms with Gasteiger partial charge in [0.2, 0.25) is 5.91 Å². The Kier molecular flexibility index (Phi) is 5.87. The summed E-state index contributed by atoms with van der Waals surface area (Å²) in [7, 11) is 0. The summed E-state index contributed by atoms with van der Waals surface area (Å²) in [4.78, 5) is 45.1. The number of carbonyl (C=O) groups is 3. The molecule has 1 aliphatic heterocycles. The Morgan fingerprint density at radius 3 is 2.63 bits per heavy atom. The van der Waals surface area contributed by atoms with Crippen LogP contribution in [0.3, 0.4) is 0 Å². The number of carbonyl (C=O) groups excluding carboxylic acids is 3. The van der Waals surface area contributed by atoms with Crippen molar-refractivity contribution in [1.82, 2.24) is 10.3 Å². The van der Waals surface area contributed by atoms with E-state index in [0.29, 0.717) is 6.42 Å². The first-order valence-electron chi connectivity index (χ1n) is 13.8. The van der Waals surface area contributed by atoms with Crippen LogP contribution in [0.15, 0.2) is 65.4 Å². The average molecular weight is 513 g/mol. The summed E-state index contributed by atoms with van der Waals surface area (Å²) in [5.74, 6) is -1.93. The number of H-pyrrole nitrogens is 1. The molecule has 8 atom stereocenters. The molecule has 1 aromatic carbocycles. The van der Waals surface area contributed by atoms with Gasteiger partial charge in [0.15, 0.2) is 11.6 Å². The topological polar surface area (TPSA) is 99.3 Å². The van der Waals surface area contributed by atoms with Crippen molar-refractivity contribution in [3.05, 3.63) is 71.0 Å². The Morgan fingerprint density at radius 2 is 1.84 bits per heavy atom. The predicted molar refractivity (Wildman–Crippen MR) is 146 cm³/mol. The molecule has 198 valence electrons. The monoisotopic (exact) mass is 512 g/mol. The molecule has 1 fully saturated rings. The first-order chi connectivity index (χ1) is 18.2. The number of aliphatic hydroxyl groups is 1. The van der Waals surface area contributed by atoms with Gasteiger partial charge in [-0.25, -0.2) is 0 Å². The van der Waals surface area contributed by atoms with Crippen molar-refractivity contribution in [1.29, 1.82) is 0 Å². The summed E-state index contributed by atoms with van der Waals surface area (Å²) in [5.41, 5.74) is 3.40. The van der Waals surface area contributed by atoms with E-state index in [9.17, 15) is 19.5 Å². The van der Waals surface area contributed by atoms with Crippen LogP contribution in [0, 0.1) is 35.0 Å². The zero-order chi connectivity index (χ0) is 26.9. The van der Waals surface area contributed by atoms with E-state index in [4.69, 9.17) is 0 Å².